The summed E-state index contributed by atoms with van der Waals surface area (Å²) in [7, 11) is -2.70. The van der Waals surface area contributed by atoms with Gasteiger partial charge in [-0.15, -0.1) is 0 Å². The molecule has 6 heteroatoms. The van der Waals surface area contributed by atoms with Crippen molar-refractivity contribution in [2.45, 2.75) is 0 Å². The summed E-state index contributed by atoms with van der Waals surface area (Å²) in [6, 6.07) is 3.46. The van der Waals surface area contributed by atoms with Gasteiger partial charge in [0.1, 0.15) is 12.4 Å². The fourth-order valence-electron chi connectivity index (χ4n) is 1.01. The SMILES string of the molecule is CP(C)(=O)OCC(=O)c1ccc(F)cc1Cl. The van der Waals surface area contributed by atoms with Crippen LogP contribution in [0.4, 0.5) is 4.39 Å². The zero-order valence-electron chi connectivity index (χ0n) is 8.87. The second-order valence-electron chi connectivity index (χ2n) is 3.57. The first-order valence-electron chi connectivity index (χ1n) is 4.47. The molecule has 3 nitrogen and oxygen atoms in total. The number of hydrogen-bond donors (Lipinski definition) is 0. The maximum absolute atomic E-state index is 12.7. The van der Waals surface area contributed by atoms with Gasteiger partial charge in [0.2, 0.25) is 0 Å². The molecule has 0 fully saturated rings. The molecule has 1 aromatic carbocycles. The number of carbonyl (C=O) groups excluding carboxylic acids is 1. The van der Waals surface area contributed by atoms with Crippen molar-refractivity contribution >= 4 is 24.8 Å². The van der Waals surface area contributed by atoms with E-state index >= 15 is 0 Å². The molecule has 0 bridgehead atoms. The summed E-state index contributed by atoms with van der Waals surface area (Å²) < 4.78 is 28.8. The summed E-state index contributed by atoms with van der Waals surface area (Å²) >= 11 is 5.69. The number of benzene rings is 1. The minimum atomic E-state index is -2.70. The molecule has 0 spiro atoms. The standard InChI is InChI=1S/C10H11ClFO3P/c1-16(2,14)15-6-10(13)8-4-3-7(12)5-9(8)11/h3-5H,6H2,1-2H3. The van der Waals surface area contributed by atoms with E-state index in [4.69, 9.17) is 16.1 Å². The number of Topliss-reactive ketones (excluding diaryl/α,β-unsaturated/α-hetero) is 1. The third-order valence-electron chi connectivity index (χ3n) is 1.74. The maximum atomic E-state index is 12.7. The molecule has 0 atom stereocenters. The summed E-state index contributed by atoms with van der Waals surface area (Å²) in [6.07, 6.45) is 0. The average molecular weight is 265 g/mol. The Balaban J connectivity index is 2.78. The van der Waals surface area contributed by atoms with Crippen LogP contribution in [0.15, 0.2) is 18.2 Å². The lowest BCUT2D eigenvalue weighted by Gasteiger charge is -2.08. The van der Waals surface area contributed by atoms with Gasteiger partial charge < -0.3 is 4.52 Å². The van der Waals surface area contributed by atoms with E-state index in [0.717, 1.165) is 12.1 Å². The summed E-state index contributed by atoms with van der Waals surface area (Å²) in [4.78, 5) is 11.6. The Hall–Kier alpha value is -0.700. The molecule has 0 aliphatic carbocycles. The molecule has 0 heterocycles. The van der Waals surface area contributed by atoms with Crippen LogP contribution in [0.2, 0.25) is 5.02 Å². The number of halogens is 2. The molecule has 0 amide bonds. The predicted molar refractivity (Wildman–Crippen MR) is 61.1 cm³/mol. The Labute approximate surface area is 98.0 Å². The maximum Gasteiger partial charge on any atom is 0.197 e. The lowest BCUT2D eigenvalue weighted by atomic mass is 10.1. The Bertz CT molecular complexity index is 455. The van der Waals surface area contributed by atoms with Gasteiger partial charge in [-0.1, -0.05) is 11.6 Å². The number of hydrogen-bond acceptors (Lipinski definition) is 3. The van der Waals surface area contributed by atoms with E-state index in [1.807, 2.05) is 0 Å². The van der Waals surface area contributed by atoms with Crippen molar-refractivity contribution < 1.29 is 18.3 Å². The fraction of sp³-hybridized carbons (Fsp3) is 0.300. The first-order chi connectivity index (χ1) is 7.29. The third-order valence-corrected chi connectivity index (χ3v) is 2.80. The van der Waals surface area contributed by atoms with Gasteiger partial charge >= 0.3 is 0 Å². The summed E-state index contributed by atoms with van der Waals surface area (Å²) in [5.74, 6) is -0.937. The smallest absolute Gasteiger partial charge is 0.197 e. The topological polar surface area (TPSA) is 43.4 Å². The number of rotatable bonds is 4. The second kappa shape index (κ2) is 5.09. The van der Waals surface area contributed by atoms with Crippen LogP contribution in [0.25, 0.3) is 0 Å². The normalized spacial score (nSPS) is 11.5. The first-order valence-corrected chi connectivity index (χ1v) is 7.37. The van der Waals surface area contributed by atoms with E-state index in [1.54, 1.807) is 0 Å². The second-order valence-corrected chi connectivity index (χ2v) is 6.74. The lowest BCUT2D eigenvalue weighted by molar-refractivity contribution is 0.0924. The van der Waals surface area contributed by atoms with Crippen molar-refractivity contribution in [1.82, 2.24) is 0 Å². The zero-order chi connectivity index (χ0) is 12.3. The summed E-state index contributed by atoms with van der Waals surface area (Å²) in [5.41, 5.74) is 0.163. The van der Waals surface area contributed by atoms with Gasteiger partial charge in [-0.2, -0.15) is 0 Å². The first kappa shape index (κ1) is 13.4. The zero-order valence-corrected chi connectivity index (χ0v) is 10.5. The molecule has 0 saturated heterocycles. The van der Waals surface area contributed by atoms with Crippen LogP contribution >= 0.6 is 19.0 Å². The minimum absolute atomic E-state index is 0.0237. The van der Waals surface area contributed by atoms with E-state index < -0.39 is 19.0 Å². The predicted octanol–water partition coefficient (Wildman–Crippen LogP) is 3.22. The summed E-state index contributed by atoms with van der Waals surface area (Å²) in [5, 5.41) is 0.0237. The van der Waals surface area contributed by atoms with Crippen LogP contribution in [0.5, 0.6) is 0 Å². The van der Waals surface area contributed by atoms with Crippen molar-refractivity contribution in [2.24, 2.45) is 0 Å². The molecule has 0 radical (unpaired) electrons. The van der Waals surface area contributed by atoms with Gasteiger partial charge in [0, 0.05) is 18.9 Å². The van der Waals surface area contributed by atoms with Crippen molar-refractivity contribution in [3.8, 4) is 0 Å². The van der Waals surface area contributed by atoms with Crippen LogP contribution in [0.1, 0.15) is 10.4 Å². The highest BCUT2D eigenvalue weighted by atomic mass is 35.5. The van der Waals surface area contributed by atoms with Crippen LogP contribution in [-0.2, 0) is 9.09 Å². The van der Waals surface area contributed by atoms with Gasteiger partial charge in [-0.05, 0) is 18.2 Å². The van der Waals surface area contributed by atoms with Gasteiger partial charge in [-0.25, -0.2) is 4.39 Å². The highest BCUT2D eigenvalue weighted by molar-refractivity contribution is 7.57. The molecular weight excluding hydrogens is 254 g/mol. The Morgan fingerprint density at radius 3 is 2.62 bits per heavy atom. The van der Waals surface area contributed by atoms with Gasteiger partial charge in [0.25, 0.3) is 0 Å². The minimum Gasteiger partial charge on any atom is -0.320 e. The quantitative estimate of drug-likeness (QED) is 0.619. The Morgan fingerprint density at radius 2 is 2.12 bits per heavy atom. The van der Waals surface area contributed by atoms with E-state index in [1.165, 1.54) is 19.4 Å². The molecule has 0 aliphatic rings. The molecule has 0 aliphatic heterocycles. The van der Waals surface area contributed by atoms with E-state index in [9.17, 15) is 13.8 Å². The van der Waals surface area contributed by atoms with Gasteiger partial charge in [-0.3, -0.25) is 9.36 Å². The lowest BCUT2D eigenvalue weighted by Crippen LogP contribution is -2.08. The monoisotopic (exact) mass is 264 g/mol. The van der Waals surface area contributed by atoms with Crippen molar-refractivity contribution in [2.75, 3.05) is 19.9 Å². The highest BCUT2D eigenvalue weighted by Crippen LogP contribution is 2.37. The molecule has 16 heavy (non-hydrogen) atoms. The van der Waals surface area contributed by atoms with Crippen LogP contribution in [-0.4, -0.2) is 25.7 Å². The average Bonchev–Trinajstić information content (AvgIpc) is 2.13. The van der Waals surface area contributed by atoms with Crippen LogP contribution in [0, 0.1) is 5.82 Å². The van der Waals surface area contributed by atoms with Crippen molar-refractivity contribution in [3.63, 3.8) is 0 Å². The molecular formula is C10H11ClFO3P. The van der Waals surface area contributed by atoms with Crippen LogP contribution < -0.4 is 0 Å². The Morgan fingerprint density at radius 1 is 1.50 bits per heavy atom. The molecule has 0 saturated carbocycles. The van der Waals surface area contributed by atoms with Crippen LogP contribution in [0.3, 0.4) is 0 Å². The molecule has 1 aromatic rings. The largest absolute Gasteiger partial charge is 0.320 e. The van der Waals surface area contributed by atoms with E-state index in [2.05, 4.69) is 0 Å². The van der Waals surface area contributed by atoms with Crippen molar-refractivity contribution in [1.29, 1.82) is 0 Å². The molecule has 0 unspecified atom stereocenters. The van der Waals surface area contributed by atoms with Gasteiger partial charge in [0.15, 0.2) is 13.2 Å². The van der Waals surface area contributed by atoms with E-state index in [0.29, 0.717) is 0 Å². The van der Waals surface area contributed by atoms with E-state index in [-0.39, 0.29) is 17.2 Å². The third kappa shape index (κ3) is 4.05. The molecule has 0 aromatic heterocycles. The Kier molecular flexibility index (Phi) is 4.25. The number of ketones is 1. The highest BCUT2D eigenvalue weighted by Gasteiger charge is 2.15. The van der Waals surface area contributed by atoms with Gasteiger partial charge in [0.05, 0.1) is 5.02 Å². The molecule has 1 rings (SSSR count). The number of carbonyl (C=O) groups is 1. The molecule has 88 valence electrons. The molecule has 0 N–H and O–H groups in total. The summed E-state index contributed by atoms with van der Waals surface area (Å²) in [6.45, 7) is 2.49. The fourth-order valence-corrected chi connectivity index (χ4v) is 1.71. The van der Waals surface area contributed by atoms with Crippen molar-refractivity contribution in [3.05, 3.63) is 34.6 Å².